The molecule has 13 heavy (non-hydrogen) atoms. The maximum Gasteiger partial charge on any atom is 0.132 e. The third-order valence-corrected chi connectivity index (χ3v) is 1.63. The summed E-state index contributed by atoms with van der Waals surface area (Å²) in [6.45, 7) is 0. The van der Waals surface area contributed by atoms with Crippen molar-refractivity contribution in [3.8, 4) is 12.3 Å². The predicted octanol–water partition coefficient (Wildman–Crippen LogP) is 2.67. The van der Waals surface area contributed by atoms with E-state index in [9.17, 15) is 13.2 Å². The lowest BCUT2D eigenvalue weighted by Gasteiger charge is -2.02. The Morgan fingerprint density at radius 3 is 2.15 bits per heavy atom. The average Bonchev–Trinajstić information content (AvgIpc) is 2.02. The van der Waals surface area contributed by atoms with Crippen molar-refractivity contribution in [2.45, 2.75) is 12.8 Å². The van der Waals surface area contributed by atoms with Gasteiger partial charge in [-0.05, 0) is 6.42 Å². The predicted molar refractivity (Wildman–Crippen MR) is 43.5 cm³/mol. The number of benzene rings is 1. The Morgan fingerprint density at radius 1 is 1.15 bits per heavy atom. The van der Waals surface area contributed by atoms with Gasteiger partial charge in [0.1, 0.15) is 17.5 Å². The monoisotopic (exact) mass is 184 g/mol. The molecule has 1 aromatic rings. The van der Waals surface area contributed by atoms with Crippen LogP contribution in [0.5, 0.6) is 0 Å². The molecule has 0 saturated carbocycles. The van der Waals surface area contributed by atoms with Crippen LogP contribution in [0.3, 0.4) is 0 Å². The highest BCUT2D eigenvalue weighted by Crippen LogP contribution is 2.15. The number of terminal acetylenes is 1. The molecule has 0 fully saturated rings. The van der Waals surface area contributed by atoms with Gasteiger partial charge in [-0.2, -0.15) is 0 Å². The molecule has 0 saturated heterocycles. The van der Waals surface area contributed by atoms with Crippen molar-refractivity contribution in [3.05, 3.63) is 35.1 Å². The van der Waals surface area contributed by atoms with E-state index in [-0.39, 0.29) is 18.4 Å². The van der Waals surface area contributed by atoms with Crippen LogP contribution >= 0.6 is 0 Å². The summed E-state index contributed by atoms with van der Waals surface area (Å²) in [6, 6.07) is 1.30. The van der Waals surface area contributed by atoms with Crippen LogP contribution in [0.2, 0.25) is 0 Å². The molecule has 0 nitrogen and oxygen atoms in total. The summed E-state index contributed by atoms with van der Waals surface area (Å²) in [5, 5.41) is 0. The van der Waals surface area contributed by atoms with E-state index in [1.165, 1.54) is 0 Å². The normalized spacial score (nSPS) is 9.69. The van der Waals surface area contributed by atoms with Gasteiger partial charge >= 0.3 is 0 Å². The van der Waals surface area contributed by atoms with Crippen molar-refractivity contribution in [3.63, 3.8) is 0 Å². The summed E-state index contributed by atoms with van der Waals surface area (Å²) in [5.41, 5.74) is -0.153. The van der Waals surface area contributed by atoms with Gasteiger partial charge in [-0.25, -0.2) is 13.2 Å². The summed E-state index contributed by atoms with van der Waals surface area (Å²) in [5.74, 6) is -0.422. The molecule has 1 rings (SSSR count). The summed E-state index contributed by atoms with van der Waals surface area (Å²) < 4.78 is 38.2. The first kappa shape index (κ1) is 9.66. The Bertz CT molecular complexity index is 327. The summed E-state index contributed by atoms with van der Waals surface area (Å²) in [4.78, 5) is 0. The minimum Gasteiger partial charge on any atom is -0.207 e. The maximum absolute atomic E-state index is 12.9. The number of rotatable bonds is 2. The minimum atomic E-state index is -0.917. The van der Waals surface area contributed by atoms with Crippen LogP contribution < -0.4 is 0 Å². The standard InChI is InChI=1S/C10H7F3/c1-2-3-4-8-9(12)5-7(11)6-10(8)13/h1,5-6H,3-4H2. The van der Waals surface area contributed by atoms with E-state index in [2.05, 4.69) is 5.92 Å². The molecule has 1 aromatic carbocycles. The van der Waals surface area contributed by atoms with Crippen molar-refractivity contribution in [2.24, 2.45) is 0 Å². The molecule has 0 aliphatic rings. The number of halogens is 3. The van der Waals surface area contributed by atoms with Gasteiger partial charge in [0.05, 0.1) is 0 Å². The molecular formula is C10H7F3. The fourth-order valence-electron chi connectivity index (χ4n) is 1.01. The Hall–Kier alpha value is -1.43. The van der Waals surface area contributed by atoms with Crippen molar-refractivity contribution in [2.75, 3.05) is 0 Å². The van der Waals surface area contributed by atoms with Gasteiger partial charge < -0.3 is 0 Å². The van der Waals surface area contributed by atoms with E-state index >= 15 is 0 Å². The molecule has 0 aliphatic carbocycles. The molecule has 0 aliphatic heterocycles. The lowest BCUT2D eigenvalue weighted by Crippen LogP contribution is -1.96. The van der Waals surface area contributed by atoms with Crippen molar-refractivity contribution < 1.29 is 13.2 Å². The van der Waals surface area contributed by atoms with Gasteiger partial charge in [0.15, 0.2) is 0 Å². The topological polar surface area (TPSA) is 0 Å². The second-order valence-electron chi connectivity index (χ2n) is 2.55. The van der Waals surface area contributed by atoms with Gasteiger partial charge in [0.2, 0.25) is 0 Å². The Morgan fingerprint density at radius 2 is 1.69 bits per heavy atom. The van der Waals surface area contributed by atoms with Crippen molar-refractivity contribution in [1.82, 2.24) is 0 Å². The Balaban J connectivity index is 3.00. The average molecular weight is 184 g/mol. The van der Waals surface area contributed by atoms with Crippen LogP contribution in [0.1, 0.15) is 12.0 Å². The molecule has 0 unspecified atom stereocenters. The molecule has 0 spiro atoms. The quantitative estimate of drug-likeness (QED) is 0.620. The first-order valence-electron chi connectivity index (χ1n) is 3.72. The Kier molecular flexibility index (Phi) is 2.97. The zero-order chi connectivity index (χ0) is 9.84. The van der Waals surface area contributed by atoms with Crippen LogP contribution in [0.25, 0.3) is 0 Å². The molecule has 3 heteroatoms. The minimum absolute atomic E-state index is 0.0917. The van der Waals surface area contributed by atoms with E-state index in [0.29, 0.717) is 12.1 Å². The third-order valence-electron chi connectivity index (χ3n) is 1.63. The number of hydrogen-bond donors (Lipinski definition) is 0. The van der Waals surface area contributed by atoms with Crippen molar-refractivity contribution >= 4 is 0 Å². The lowest BCUT2D eigenvalue weighted by atomic mass is 10.1. The fourth-order valence-corrected chi connectivity index (χ4v) is 1.01. The van der Waals surface area contributed by atoms with Crippen LogP contribution in [0, 0.1) is 29.8 Å². The molecule has 0 bridgehead atoms. The molecule has 0 radical (unpaired) electrons. The summed E-state index contributed by atoms with van der Waals surface area (Å²) in [7, 11) is 0. The maximum atomic E-state index is 12.9. The fraction of sp³-hybridized carbons (Fsp3) is 0.200. The SMILES string of the molecule is C#CCCc1c(F)cc(F)cc1F. The summed E-state index contributed by atoms with van der Waals surface area (Å²) in [6.07, 6.45) is 5.26. The van der Waals surface area contributed by atoms with E-state index in [1.54, 1.807) is 0 Å². The first-order valence-corrected chi connectivity index (χ1v) is 3.72. The highest BCUT2D eigenvalue weighted by molar-refractivity contribution is 5.21. The van der Waals surface area contributed by atoms with E-state index in [1.807, 2.05) is 0 Å². The first-order chi connectivity index (χ1) is 6.15. The largest absolute Gasteiger partial charge is 0.207 e. The number of hydrogen-bond acceptors (Lipinski definition) is 0. The highest BCUT2D eigenvalue weighted by atomic mass is 19.1. The van der Waals surface area contributed by atoms with Gasteiger partial charge in [0, 0.05) is 24.1 Å². The van der Waals surface area contributed by atoms with Crippen LogP contribution in [0.4, 0.5) is 13.2 Å². The van der Waals surface area contributed by atoms with Crippen molar-refractivity contribution in [1.29, 1.82) is 0 Å². The zero-order valence-electron chi connectivity index (χ0n) is 6.78. The smallest absolute Gasteiger partial charge is 0.132 e. The van der Waals surface area contributed by atoms with Gasteiger partial charge in [0.25, 0.3) is 0 Å². The van der Waals surface area contributed by atoms with Crippen LogP contribution in [-0.2, 0) is 6.42 Å². The van der Waals surface area contributed by atoms with E-state index < -0.39 is 17.5 Å². The van der Waals surface area contributed by atoms with Crippen LogP contribution in [0.15, 0.2) is 12.1 Å². The molecule has 0 atom stereocenters. The Labute approximate surface area is 74.4 Å². The molecule has 0 aromatic heterocycles. The molecule has 0 N–H and O–H groups in total. The molecule has 0 heterocycles. The highest BCUT2D eigenvalue weighted by Gasteiger charge is 2.09. The molecule has 68 valence electrons. The van der Waals surface area contributed by atoms with Gasteiger partial charge in [-0.1, -0.05) is 0 Å². The summed E-state index contributed by atoms with van der Waals surface area (Å²) >= 11 is 0. The van der Waals surface area contributed by atoms with E-state index in [4.69, 9.17) is 6.42 Å². The third kappa shape index (κ3) is 2.25. The second-order valence-corrected chi connectivity index (χ2v) is 2.55. The second kappa shape index (κ2) is 3.99. The zero-order valence-corrected chi connectivity index (χ0v) is 6.78. The van der Waals surface area contributed by atoms with Gasteiger partial charge in [-0.15, -0.1) is 12.3 Å². The van der Waals surface area contributed by atoms with Gasteiger partial charge in [-0.3, -0.25) is 0 Å². The van der Waals surface area contributed by atoms with E-state index in [0.717, 1.165) is 0 Å². The molecule has 0 amide bonds. The molecular weight excluding hydrogens is 177 g/mol. The van der Waals surface area contributed by atoms with Crippen LogP contribution in [-0.4, -0.2) is 0 Å². The lowest BCUT2D eigenvalue weighted by molar-refractivity contribution is 0.524.